The summed E-state index contributed by atoms with van der Waals surface area (Å²) in [4.78, 5) is 12.1. The first-order valence-electron chi connectivity index (χ1n) is 7.02. The maximum Gasteiger partial charge on any atom is 0.239 e. The summed E-state index contributed by atoms with van der Waals surface area (Å²) in [6, 6.07) is 5.70. The SMILES string of the molecule is COC(CNC(=O)[C@H]1NCCO[C@@H]1C)c1ccc(F)cc1. The van der Waals surface area contributed by atoms with Crippen molar-refractivity contribution in [2.75, 3.05) is 26.8 Å². The van der Waals surface area contributed by atoms with Gasteiger partial charge in [0.1, 0.15) is 11.9 Å². The highest BCUT2D eigenvalue weighted by Gasteiger charge is 2.28. The second kappa shape index (κ2) is 7.49. The van der Waals surface area contributed by atoms with Crippen LogP contribution in [0.1, 0.15) is 18.6 Å². The van der Waals surface area contributed by atoms with Crippen LogP contribution in [0.25, 0.3) is 0 Å². The van der Waals surface area contributed by atoms with Gasteiger partial charge in [0.05, 0.1) is 18.8 Å². The van der Waals surface area contributed by atoms with Crippen LogP contribution < -0.4 is 10.6 Å². The van der Waals surface area contributed by atoms with Crippen molar-refractivity contribution in [3.63, 3.8) is 0 Å². The van der Waals surface area contributed by atoms with Gasteiger partial charge in [-0.05, 0) is 24.6 Å². The summed E-state index contributed by atoms with van der Waals surface area (Å²) >= 11 is 0. The van der Waals surface area contributed by atoms with E-state index in [1.165, 1.54) is 12.1 Å². The predicted octanol–water partition coefficient (Wildman–Crippen LogP) is 1.01. The monoisotopic (exact) mass is 296 g/mol. The van der Waals surface area contributed by atoms with Gasteiger partial charge >= 0.3 is 0 Å². The van der Waals surface area contributed by atoms with Crippen LogP contribution in [0.5, 0.6) is 0 Å². The molecule has 1 saturated heterocycles. The fraction of sp³-hybridized carbons (Fsp3) is 0.533. The molecule has 1 aromatic carbocycles. The maximum absolute atomic E-state index is 12.9. The Balaban J connectivity index is 1.90. The number of carbonyl (C=O) groups is 1. The fourth-order valence-electron chi connectivity index (χ4n) is 2.35. The standard InChI is InChI=1S/C15H21FN2O3/c1-10-14(17-7-8-21-10)15(19)18-9-13(20-2)11-3-5-12(16)6-4-11/h3-6,10,13-14,17H,7-9H2,1-2H3,(H,18,19)/t10-,13?,14+/m1/s1. The van der Waals surface area contributed by atoms with Crippen LogP contribution in [0, 0.1) is 5.82 Å². The molecule has 1 aliphatic heterocycles. The van der Waals surface area contributed by atoms with Crippen LogP contribution in [0.15, 0.2) is 24.3 Å². The van der Waals surface area contributed by atoms with Crippen LogP contribution in [-0.2, 0) is 14.3 Å². The predicted molar refractivity (Wildman–Crippen MR) is 76.4 cm³/mol. The van der Waals surface area contributed by atoms with Crippen molar-refractivity contribution in [3.8, 4) is 0 Å². The van der Waals surface area contributed by atoms with Gasteiger partial charge in [0.25, 0.3) is 0 Å². The number of methoxy groups -OCH3 is 1. The topological polar surface area (TPSA) is 59.6 Å². The number of morpholine rings is 1. The van der Waals surface area contributed by atoms with Crippen LogP contribution >= 0.6 is 0 Å². The first kappa shape index (κ1) is 15.9. The van der Waals surface area contributed by atoms with E-state index in [9.17, 15) is 9.18 Å². The molecule has 1 aromatic rings. The van der Waals surface area contributed by atoms with E-state index in [0.717, 1.165) is 5.56 Å². The third-order valence-corrected chi connectivity index (χ3v) is 3.59. The minimum Gasteiger partial charge on any atom is -0.375 e. The van der Waals surface area contributed by atoms with Crippen molar-refractivity contribution >= 4 is 5.91 Å². The average Bonchev–Trinajstić information content (AvgIpc) is 2.49. The highest BCUT2D eigenvalue weighted by molar-refractivity contribution is 5.82. The zero-order valence-corrected chi connectivity index (χ0v) is 12.3. The molecular formula is C15H21FN2O3. The van der Waals surface area contributed by atoms with Crippen molar-refractivity contribution < 1.29 is 18.7 Å². The van der Waals surface area contributed by atoms with Crippen molar-refractivity contribution in [1.82, 2.24) is 10.6 Å². The Kier molecular flexibility index (Phi) is 5.67. The molecule has 5 nitrogen and oxygen atoms in total. The minimum absolute atomic E-state index is 0.119. The molecule has 1 amide bonds. The van der Waals surface area contributed by atoms with Crippen molar-refractivity contribution in [2.24, 2.45) is 0 Å². The van der Waals surface area contributed by atoms with E-state index in [1.54, 1.807) is 19.2 Å². The average molecular weight is 296 g/mol. The fourth-order valence-corrected chi connectivity index (χ4v) is 2.35. The Morgan fingerprint density at radius 3 is 2.86 bits per heavy atom. The molecule has 6 heteroatoms. The molecule has 0 aromatic heterocycles. The van der Waals surface area contributed by atoms with Gasteiger partial charge in [-0.25, -0.2) is 4.39 Å². The van der Waals surface area contributed by atoms with Gasteiger partial charge in [0.15, 0.2) is 0 Å². The lowest BCUT2D eigenvalue weighted by Crippen LogP contribution is -2.55. The third kappa shape index (κ3) is 4.23. The lowest BCUT2D eigenvalue weighted by molar-refractivity contribution is -0.129. The molecule has 116 valence electrons. The quantitative estimate of drug-likeness (QED) is 0.851. The summed E-state index contributed by atoms with van der Waals surface area (Å²) in [5.41, 5.74) is 0.820. The van der Waals surface area contributed by atoms with Gasteiger partial charge in [-0.2, -0.15) is 0 Å². The largest absolute Gasteiger partial charge is 0.375 e. The Morgan fingerprint density at radius 2 is 2.24 bits per heavy atom. The number of hydrogen-bond acceptors (Lipinski definition) is 4. The number of amides is 1. The van der Waals surface area contributed by atoms with Crippen molar-refractivity contribution in [1.29, 1.82) is 0 Å². The first-order valence-corrected chi connectivity index (χ1v) is 7.02. The Bertz CT molecular complexity index is 466. The van der Waals surface area contributed by atoms with E-state index >= 15 is 0 Å². The summed E-state index contributed by atoms with van der Waals surface area (Å²) in [6.07, 6.45) is -0.472. The lowest BCUT2D eigenvalue weighted by Gasteiger charge is -2.29. The van der Waals surface area contributed by atoms with Crippen LogP contribution in [-0.4, -0.2) is 44.9 Å². The Hall–Kier alpha value is -1.50. The number of hydrogen-bond donors (Lipinski definition) is 2. The van der Waals surface area contributed by atoms with Gasteiger partial charge in [-0.15, -0.1) is 0 Å². The molecule has 0 saturated carbocycles. The van der Waals surface area contributed by atoms with Gasteiger partial charge in [0.2, 0.25) is 5.91 Å². The lowest BCUT2D eigenvalue weighted by atomic mass is 10.1. The van der Waals surface area contributed by atoms with Crippen LogP contribution in [0.4, 0.5) is 4.39 Å². The molecule has 2 N–H and O–H groups in total. The summed E-state index contributed by atoms with van der Waals surface area (Å²) in [7, 11) is 1.56. The Morgan fingerprint density at radius 1 is 1.52 bits per heavy atom. The molecule has 1 unspecified atom stereocenters. The molecule has 0 bridgehead atoms. The number of ether oxygens (including phenoxy) is 2. The van der Waals surface area contributed by atoms with Crippen LogP contribution in [0.2, 0.25) is 0 Å². The summed E-state index contributed by atoms with van der Waals surface area (Å²) in [5, 5.41) is 5.98. The number of carbonyl (C=O) groups excluding carboxylic acids is 1. The smallest absolute Gasteiger partial charge is 0.239 e. The van der Waals surface area contributed by atoms with E-state index in [-0.39, 0.29) is 30.0 Å². The molecule has 0 spiro atoms. The molecule has 21 heavy (non-hydrogen) atoms. The third-order valence-electron chi connectivity index (χ3n) is 3.59. The highest BCUT2D eigenvalue weighted by atomic mass is 19.1. The van der Waals surface area contributed by atoms with E-state index < -0.39 is 0 Å². The van der Waals surface area contributed by atoms with Gasteiger partial charge in [-0.3, -0.25) is 4.79 Å². The molecule has 1 fully saturated rings. The molecule has 0 aliphatic carbocycles. The van der Waals surface area contributed by atoms with Crippen molar-refractivity contribution in [3.05, 3.63) is 35.6 Å². The number of rotatable bonds is 5. The van der Waals surface area contributed by atoms with E-state index in [0.29, 0.717) is 19.7 Å². The second-order valence-corrected chi connectivity index (χ2v) is 5.03. The van der Waals surface area contributed by atoms with E-state index in [1.807, 2.05) is 6.92 Å². The number of benzene rings is 1. The van der Waals surface area contributed by atoms with Gasteiger partial charge < -0.3 is 20.1 Å². The minimum atomic E-state index is -0.357. The second-order valence-electron chi connectivity index (χ2n) is 5.03. The van der Waals surface area contributed by atoms with E-state index in [4.69, 9.17) is 9.47 Å². The van der Waals surface area contributed by atoms with Crippen LogP contribution in [0.3, 0.4) is 0 Å². The number of halogens is 1. The van der Waals surface area contributed by atoms with Gasteiger partial charge in [-0.1, -0.05) is 12.1 Å². The molecule has 0 radical (unpaired) electrons. The molecular weight excluding hydrogens is 275 g/mol. The highest BCUT2D eigenvalue weighted by Crippen LogP contribution is 2.16. The molecule has 1 aliphatic rings. The molecule has 2 rings (SSSR count). The first-order chi connectivity index (χ1) is 10.1. The number of nitrogens with one attached hydrogen (secondary N) is 2. The Labute approximate surface area is 123 Å². The summed E-state index contributed by atoms with van der Waals surface area (Å²) in [5.74, 6) is -0.415. The zero-order valence-electron chi connectivity index (χ0n) is 12.3. The van der Waals surface area contributed by atoms with Crippen molar-refractivity contribution in [2.45, 2.75) is 25.2 Å². The summed E-state index contributed by atoms with van der Waals surface area (Å²) in [6.45, 7) is 3.46. The molecule has 3 atom stereocenters. The van der Waals surface area contributed by atoms with Gasteiger partial charge in [0, 0.05) is 20.2 Å². The maximum atomic E-state index is 12.9. The normalized spacial score (nSPS) is 23.6. The summed E-state index contributed by atoms with van der Waals surface area (Å²) < 4.78 is 23.7. The van der Waals surface area contributed by atoms with E-state index in [2.05, 4.69) is 10.6 Å². The zero-order chi connectivity index (χ0) is 15.2. The molecule has 1 heterocycles.